The van der Waals surface area contributed by atoms with Crippen LogP contribution in [0.5, 0.6) is 0 Å². The summed E-state index contributed by atoms with van der Waals surface area (Å²) in [6.07, 6.45) is 3.62. The van der Waals surface area contributed by atoms with Crippen molar-refractivity contribution in [1.82, 2.24) is 15.0 Å². The van der Waals surface area contributed by atoms with Crippen molar-refractivity contribution in [1.29, 1.82) is 0 Å². The largest absolute Gasteiger partial charge is 0.357 e. The second-order valence-corrected chi connectivity index (χ2v) is 5.24. The molecule has 0 atom stereocenters. The molecule has 1 fully saturated rings. The van der Waals surface area contributed by atoms with Crippen LogP contribution in [0.25, 0.3) is 0 Å². The molecule has 1 aliphatic rings. The highest BCUT2D eigenvalue weighted by molar-refractivity contribution is 5.44. The highest BCUT2D eigenvalue weighted by Gasteiger charge is 2.32. The fourth-order valence-electron chi connectivity index (χ4n) is 2.28. The van der Waals surface area contributed by atoms with Crippen molar-refractivity contribution in [3.8, 4) is 0 Å². The molecule has 1 saturated carbocycles. The molecule has 2 rings (SSSR count). The third kappa shape index (κ3) is 3.05. The van der Waals surface area contributed by atoms with E-state index in [1.807, 2.05) is 7.05 Å². The first-order chi connectivity index (χ1) is 9.10. The molecular weight excluding hydrogens is 240 g/mol. The summed E-state index contributed by atoms with van der Waals surface area (Å²) in [6, 6.07) is 0. The zero-order valence-corrected chi connectivity index (χ0v) is 12.3. The van der Waals surface area contributed by atoms with Gasteiger partial charge < -0.3 is 15.5 Å². The van der Waals surface area contributed by atoms with Crippen molar-refractivity contribution < 1.29 is 0 Å². The average molecular weight is 264 g/mol. The van der Waals surface area contributed by atoms with E-state index in [1.54, 1.807) is 0 Å². The molecule has 2 N–H and O–H groups in total. The lowest BCUT2D eigenvalue weighted by molar-refractivity contribution is 0.304. The van der Waals surface area contributed by atoms with Crippen molar-refractivity contribution in [2.75, 3.05) is 35.7 Å². The maximum absolute atomic E-state index is 4.54. The lowest BCUT2D eigenvalue weighted by atomic mass is 9.79. The Bertz CT molecular complexity index is 425. The first kappa shape index (κ1) is 13.8. The van der Waals surface area contributed by atoms with Crippen molar-refractivity contribution in [3.63, 3.8) is 0 Å². The lowest BCUT2D eigenvalue weighted by Crippen LogP contribution is -2.42. The number of rotatable bonds is 6. The fraction of sp³-hybridized carbons (Fsp3) is 0.769. The predicted octanol–water partition coefficient (Wildman–Crippen LogP) is 2.11. The van der Waals surface area contributed by atoms with Crippen LogP contribution in [-0.2, 0) is 0 Å². The van der Waals surface area contributed by atoms with E-state index in [1.165, 1.54) is 19.3 Å². The van der Waals surface area contributed by atoms with Gasteiger partial charge >= 0.3 is 0 Å². The maximum Gasteiger partial charge on any atom is 0.231 e. The molecule has 1 aromatic heterocycles. The SMILES string of the molecule is CCN(CC)c1nc(NC)nc(NC2(C)CCC2)n1. The highest BCUT2D eigenvalue weighted by atomic mass is 15.3. The number of hydrogen-bond acceptors (Lipinski definition) is 6. The van der Waals surface area contributed by atoms with Crippen molar-refractivity contribution in [3.05, 3.63) is 0 Å². The third-order valence-electron chi connectivity index (χ3n) is 3.76. The van der Waals surface area contributed by atoms with Crippen LogP contribution >= 0.6 is 0 Å². The molecule has 1 aromatic rings. The first-order valence-corrected chi connectivity index (χ1v) is 7.07. The molecule has 0 aliphatic heterocycles. The Morgan fingerprint density at radius 2 is 1.74 bits per heavy atom. The van der Waals surface area contributed by atoms with Gasteiger partial charge in [-0.05, 0) is 40.0 Å². The summed E-state index contributed by atoms with van der Waals surface area (Å²) < 4.78 is 0. The van der Waals surface area contributed by atoms with E-state index in [9.17, 15) is 0 Å². The van der Waals surface area contributed by atoms with E-state index in [0.29, 0.717) is 11.9 Å². The molecule has 0 saturated heterocycles. The normalized spacial score (nSPS) is 16.6. The van der Waals surface area contributed by atoms with E-state index < -0.39 is 0 Å². The molecule has 0 spiro atoms. The van der Waals surface area contributed by atoms with E-state index in [2.05, 4.69) is 51.3 Å². The van der Waals surface area contributed by atoms with Gasteiger partial charge in [0.2, 0.25) is 17.8 Å². The van der Waals surface area contributed by atoms with E-state index in [0.717, 1.165) is 19.0 Å². The number of nitrogens with one attached hydrogen (secondary N) is 2. The predicted molar refractivity (Wildman–Crippen MR) is 78.8 cm³/mol. The van der Waals surface area contributed by atoms with E-state index in [4.69, 9.17) is 0 Å². The molecule has 0 bridgehead atoms. The van der Waals surface area contributed by atoms with Crippen LogP contribution < -0.4 is 15.5 Å². The van der Waals surface area contributed by atoms with E-state index in [-0.39, 0.29) is 5.54 Å². The number of hydrogen-bond donors (Lipinski definition) is 2. The summed E-state index contributed by atoms with van der Waals surface area (Å²) in [5.41, 5.74) is 0.146. The topological polar surface area (TPSA) is 66.0 Å². The molecule has 0 radical (unpaired) electrons. The number of aromatic nitrogens is 3. The van der Waals surface area contributed by atoms with Crippen molar-refractivity contribution >= 4 is 17.8 Å². The summed E-state index contributed by atoms with van der Waals surface area (Å²) in [5, 5.41) is 6.45. The quantitative estimate of drug-likeness (QED) is 0.820. The zero-order valence-electron chi connectivity index (χ0n) is 12.3. The molecule has 0 aromatic carbocycles. The number of nitrogens with zero attached hydrogens (tertiary/aromatic N) is 4. The smallest absolute Gasteiger partial charge is 0.231 e. The molecule has 19 heavy (non-hydrogen) atoms. The molecule has 106 valence electrons. The van der Waals surface area contributed by atoms with Crippen molar-refractivity contribution in [2.24, 2.45) is 0 Å². The van der Waals surface area contributed by atoms with Crippen LogP contribution in [0, 0.1) is 0 Å². The Morgan fingerprint density at radius 3 is 2.21 bits per heavy atom. The minimum Gasteiger partial charge on any atom is -0.357 e. The monoisotopic (exact) mass is 264 g/mol. The van der Waals surface area contributed by atoms with Crippen LogP contribution in [-0.4, -0.2) is 40.6 Å². The van der Waals surface area contributed by atoms with Gasteiger partial charge in [0.05, 0.1) is 0 Å². The minimum atomic E-state index is 0.146. The average Bonchev–Trinajstić information content (AvgIpc) is 2.38. The minimum absolute atomic E-state index is 0.146. The van der Waals surface area contributed by atoms with Crippen LogP contribution in [0.3, 0.4) is 0 Å². The van der Waals surface area contributed by atoms with Crippen LogP contribution in [0.4, 0.5) is 17.8 Å². The lowest BCUT2D eigenvalue weighted by Gasteiger charge is -2.39. The van der Waals surface area contributed by atoms with Gasteiger partial charge in [-0.25, -0.2) is 0 Å². The fourth-order valence-corrected chi connectivity index (χ4v) is 2.28. The molecule has 1 heterocycles. The van der Waals surface area contributed by atoms with Gasteiger partial charge in [-0.2, -0.15) is 15.0 Å². The molecule has 0 unspecified atom stereocenters. The van der Waals surface area contributed by atoms with Crippen LogP contribution in [0.15, 0.2) is 0 Å². The van der Waals surface area contributed by atoms with E-state index >= 15 is 0 Å². The summed E-state index contributed by atoms with van der Waals surface area (Å²) in [4.78, 5) is 15.5. The Morgan fingerprint density at radius 1 is 1.11 bits per heavy atom. The van der Waals surface area contributed by atoms with Gasteiger partial charge in [0.25, 0.3) is 0 Å². The summed E-state index contributed by atoms with van der Waals surface area (Å²) >= 11 is 0. The molecular formula is C13H24N6. The van der Waals surface area contributed by atoms with Crippen molar-refractivity contribution in [2.45, 2.75) is 45.6 Å². The molecule has 0 amide bonds. The Hall–Kier alpha value is -1.59. The maximum atomic E-state index is 4.54. The Kier molecular flexibility index (Phi) is 4.07. The van der Waals surface area contributed by atoms with Crippen LogP contribution in [0.2, 0.25) is 0 Å². The van der Waals surface area contributed by atoms with Gasteiger partial charge in [-0.3, -0.25) is 0 Å². The standard InChI is InChI=1S/C13H24N6/c1-5-19(6-2)12-16-10(14-4)15-11(17-12)18-13(3)8-7-9-13/h5-9H2,1-4H3,(H2,14,15,16,17,18). The summed E-state index contributed by atoms with van der Waals surface area (Å²) in [6.45, 7) is 8.20. The van der Waals surface area contributed by atoms with Gasteiger partial charge in [-0.15, -0.1) is 0 Å². The van der Waals surface area contributed by atoms with Crippen LogP contribution in [0.1, 0.15) is 40.0 Å². The summed E-state index contributed by atoms with van der Waals surface area (Å²) in [7, 11) is 1.83. The molecule has 6 nitrogen and oxygen atoms in total. The Balaban J connectivity index is 2.24. The summed E-state index contributed by atoms with van der Waals surface area (Å²) in [5.74, 6) is 2.01. The Labute approximate surface area is 115 Å². The van der Waals surface area contributed by atoms with Gasteiger partial charge in [0, 0.05) is 25.7 Å². The molecule has 1 aliphatic carbocycles. The number of anilines is 3. The third-order valence-corrected chi connectivity index (χ3v) is 3.76. The van der Waals surface area contributed by atoms with Gasteiger partial charge in [0.15, 0.2) is 0 Å². The zero-order chi connectivity index (χ0) is 13.9. The van der Waals surface area contributed by atoms with Gasteiger partial charge in [0.1, 0.15) is 0 Å². The first-order valence-electron chi connectivity index (χ1n) is 7.07. The second-order valence-electron chi connectivity index (χ2n) is 5.24. The highest BCUT2D eigenvalue weighted by Crippen LogP contribution is 2.34. The second kappa shape index (κ2) is 5.59. The molecule has 6 heteroatoms. The van der Waals surface area contributed by atoms with Gasteiger partial charge in [-0.1, -0.05) is 0 Å².